The summed E-state index contributed by atoms with van der Waals surface area (Å²) in [6.45, 7) is 17.1. The summed E-state index contributed by atoms with van der Waals surface area (Å²) >= 11 is 12.9. The standard InChI is InChI=1S/C32H37ClFN3O5.C19H21ClFN3O2/c1-18(2)14-21(36-31(39)42-32(4,5)6)17-41-29-25(33)15-24-23-12-13-35-19(3)26(23)30(38)37(28(24)27(29)34)16-20-8-10-22(40-7)11-9-20;1-9(2)6-11(22)8-26-18-14(20)7-13-12-4-5-23-10(3)15(12)19(25)24-17(13)16(18)21/h8-13,15,18,21H,14,16-17H2,1-7H3,(H,36,39);4-5,7,9,11H,6,8,22H2,1-3H3,(H,24,25)/t21-;11-/m00/s1. The summed E-state index contributed by atoms with van der Waals surface area (Å²) in [6, 6.07) is 13.1. The van der Waals surface area contributed by atoms with Crippen LogP contribution in [-0.2, 0) is 11.3 Å². The van der Waals surface area contributed by atoms with Crippen molar-refractivity contribution in [3.63, 3.8) is 0 Å². The normalized spacial score (nSPS) is 12.7. The fourth-order valence-electron chi connectivity index (χ4n) is 8.14. The number of nitrogens with zero attached hydrogens (tertiary/aromatic N) is 3. The number of hydrogen-bond donors (Lipinski definition) is 3. The number of hydrogen-bond acceptors (Lipinski definition) is 10. The Morgan fingerprint density at radius 1 is 0.809 bits per heavy atom. The van der Waals surface area contributed by atoms with Crippen LogP contribution in [0.1, 0.15) is 78.3 Å². The fourth-order valence-corrected chi connectivity index (χ4v) is 8.63. The summed E-state index contributed by atoms with van der Waals surface area (Å²) < 4.78 is 55.1. The van der Waals surface area contributed by atoms with Gasteiger partial charge >= 0.3 is 6.09 Å². The number of amides is 1. The van der Waals surface area contributed by atoms with Gasteiger partial charge in [-0.25, -0.2) is 13.6 Å². The molecule has 0 saturated heterocycles. The number of methoxy groups -OCH3 is 1. The van der Waals surface area contributed by atoms with Gasteiger partial charge in [-0.05, 0) is 101 Å². The van der Waals surface area contributed by atoms with Crippen molar-refractivity contribution in [1.29, 1.82) is 0 Å². The summed E-state index contributed by atoms with van der Waals surface area (Å²) in [6.07, 6.45) is 3.88. The predicted octanol–water partition coefficient (Wildman–Crippen LogP) is 11.0. The Balaban J connectivity index is 0.000000250. The van der Waals surface area contributed by atoms with E-state index in [0.29, 0.717) is 61.8 Å². The molecule has 2 atom stereocenters. The van der Waals surface area contributed by atoms with Crippen molar-refractivity contribution >= 4 is 72.6 Å². The van der Waals surface area contributed by atoms with E-state index in [0.717, 1.165) is 12.0 Å². The Morgan fingerprint density at radius 3 is 1.96 bits per heavy atom. The SMILES string of the molecule is COc1ccc(Cn2c(=O)c3c(C)nccc3c3cc(Cl)c(OC[C@H](CC(C)C)NC(=O)OC(C)(C)C)c(F)c32)cc1.Cc1nccc2c1c(=O)[nH]c1c(F)c(OC[C@@H](N)CC(C)C)c(Cl)cc12. The summed E-state index contributed by atoms with van der Waals surface area (Å²) in [7, 11) is 1.57. The zero-order valence-electron chi connectivity index (χ0n) is 39.9. The molecule has 4 N–H and O–H groups in total. The van der Waals surface area contributed by atoms with E-state index in [1.807, 2.05) is 26.0 Å². The lowest BCUT2D eigenvalue weighted by Gasteiger charge is -2.25. The lowest BCUT2D eigenvalue weighted by atomic mass is 10.0. The number of aryl methyl sites for hydroxylation is 2. The third-order valence-corrected chi connectivity index (χ3v) is 11.6. The second-order valence-corrected chi connectivity index (χ2v) is 19.5. The third-order valence-electron chi connectivity index (χ3n) is 11.0. The van der Waals surface area contributed by atoms with E-state index in [4.69, 9.17) is 47.9 Å². The second-order valence-electron chi connectivity index (χ2n) is 18.6. The van der Waals surface area contributed by atoms with Gasteiger partial charge in [-0.1, -0.05) is 63.0 Å². The first kappa shape index (κ1) is 51.4. The van der Waals surface area contributed by atoms with E-state index >= 15 is 8.78 Å². The molecule has 13 nitrogen and oxygen atoms in total. The van der Waals surface area contributed by atoms with Crippen molar-refractivity contribution in [3.8, 4) is 17.2 Å². The van der Waals surface area contributed by atoms with Crippen molar-refractivity contribution in [2.45, 2.75) is 99.4 Å². The monoisotopic (exact) mass is 974 g/mol. The number of rotatable bonds is 14. The lowest BCUT2D eigenvalue weighted by molar-refractivity contribution is 0.0479. The number of aromatic amines is 1. The van der Waals surface area contributed by atoms with Crippen LogP contribution in [-0.4, -0.2) is 63.6 Å². The van der Waals surface area contributed by atoms with Crippen molar-refractivity contribution < 1.29 is 32.5 Å². The predicted molar refractivity (Wildman–Crippen MR) is 266 cm³/mol. The molecule has 0 spiro atoms. The summed E-state index contributed by atoms with van der Waals surface area (Å²) in [5.41, 5.74) is 6.54. The number of ether oxygens (including phenoxy) is 4. The number of H-pyrrole nitrogens is 1. The minimum Gasteiger partial charge on any atom is -0.497 e. The van der Waals surface area contributed by atoms with Gasteiger partial charge in [0.1, 0.15) is 24.6 Å². The smallest absolute Gasteiger partial charge is 0.407 e. The Kier molecular flexibility index (Phi) is 16.2. The van der Waals surface area contributed by atoms with E-state index in [2.05, 4.69) is 34.1 Å². The maximum absolute atomic E-state index is 16.5. The molecule has 0 aliphatic carbocycles. The van der Waals surface area contributed by atoms with Crippen LogP contribution in [0.15, 0.2) is 70.5 Å². The lowest BCUT2D eigenvalue weighted by Crippen LogP contribution is -2.42. The van der Waals surface area contributed by atoms with Crippen LogP contribution in [0.4, 0.5) is 13.6 Å². The van der Waals surface area contributed by atoms with Crippen LogP contribution in [0.25, 0.3) is 43.4 Å². The maximum atomic E-state index is 16.5. The van der Waals surface area contributed by atoms with E-state index in [1.54, 1.807) is 90.5 Å². The second kappa shape index (κ2) is 21.5. The van der Waals surface area contributed by atoms with Crippen LogP contribution in [0, 0.1) is 37.3 Å². The molecule has 17 heteroatoms. The van der Waals surface area contributed by atoms with Crippen molar-refractivity contribution in [3.05, 3.63) is 120 Å². The minimum atomic E-state index is -0.764. The molecule has 0 saturated carbocycles. The average Bonchev–Trinajstić information content (AvgIpc) is 3.24. The first-order valence-electron chi connectivity index (χ1n) is 22.3. The molecule has 0 unspecified atom stereocenters. The highest BCUT2D eigenvalue weighted by molar-refractivity contribution is 6.34. The molecular weight excluding hydrogens is 917 g/mol. The number of benzene rings is 3. The van der Waals surface area contributed by atoms with Crippen molar-refractivity contribution in [2.24, 2.45) is 17.6 Å². The molecule has 1 amide bonds. The van der Waals surface area contributed by atoms with Gasteiger partial charge in [-0.3, -0.25) is 19.6 Å². The molecule has 7 aromatic rings. The highest BCUT2D eigenvalue weighted by atomic mass is 35.5. The van der Waals surface area contributed by atoms with Crippen molar-refractivity contribution in [1.82, 2.24) is 24.8 Å². The van der Waals surface area contributed by atoms with Gasteiger partial charge in [-0.2, -0.15) is 0 Å². The highest BCUT2D eigenvalue weighted by Gasteiger charge is 2.26. The van der Waals surface area contributed by atoms with Crippen LogP contribution < -0.4 is 36.4 Å². The summed E-state index contributed by atoms with van der Waals surface area (Å²) in [4.78, 5) is 49.7. The first-order valence-corrected chi connectivity index (χ1v) is 23.1. The summed E-state index contributed by atoms with van der Waals surface area (Å²) in [5.74, 6) is -0.471. The fraction of sp³-hybridized carbons (Fsp3) is 0.392. The Hall–Kier alpha value is -6.03. The maximum Gasteiger partial charge on any atom is 0.407 e. The number of carbonyl (C=O) groups is 1. The number of halogens is 4. The number of nitrogens with two attached hydrogens (primary N) is 1. The van der Waals surface area contributed by atoms with E-state index in [1.165, 1.54) is 4.57 Å². The van der Waals surface area contributed by atoms with Gasteiger partial charge in [-0.15, -0.1) is 0 Å². The van der Waals surface area contributed by atoms with E-state index < -0.39 is 34.9 Å². The van der Waals surface area contributed by atoms with Gasteiger partial charge < -0.3 is 39.5 Å². The molecule has 0 radical (unpaired) electrons. The molecule has 3 aromatic carbocycles. The van der Waals surface area contributed by atoms with Crippen LogP contribution in [0.5, 0.6) is 17.2 Å². The van der Waals surface area contributed by atoms with Crippen molar-refractivity contribution in [2.75, 3.05) is 20.3 Å². The van der Waals surface area contributed by atoms with Gasteiger partial charge in [0.25, 0.3) is 11.1 Å². The zero-order chi connectivity index (χ0) is 49.8. The number of carbonyl (C=O) groups excluding carboxylic acids is 1. The molecule has 0 fully saturated rings. The largest absolute Gasteiger partial charge is 0.497 e. The zero-order valence-corrected chi connectivity index (χ0v) is 41.4. The average molecular weight is 976 g/mol. The molecule has 0 aliphatic rings. The molecule has 4 aromatic heterocycles. The topological polar surface area (TPSA) is 173 Å². The number of fused-ring (bicyclic) bond motifs is 6. The molecule has 4 heterocycles. The van der Waals surface area contributed by atoms with E-state index in [9.17, 15) is 14.4 Å². The first-order chi connectivity index (χ1) is 32.1. The minimum absolute atomic E-state index is 0.0472. The Bertz CT molecular complexity index is 3100. The van der Waals surface area contributed by atoms with Gasteiger partial charge in [0.05, 0.1) is 62.9 Å². The number of pyridine rings is 4. The highest BCUT2D eigenvalue weighted by Crippen LogP contribution is 2.38. The molecule has 0 aliphatic heterocycles. The van der Waals surface area contributed by atoms with Crippen LogP contribution in [0.2, 0.25) is 10.0 Å². The van der Waals surface area contributed by atoms with Crippen LogP contribution >= 0.6 is 23.2 Å². The molecule has 362 valence electrons. The van der Waals surface area contributed by atoms with E-state index in [-0.39, 0.29) is 69.9 Å². The van der Waals surface area contributed by atoms with Gasteiger partial charge in [0, 0.05) is 40.0 Å². The molecule has 68 heavy (non-hydrogen) atoms. The Morgan fingerprint density at radius 2 is 1.37 bits per heavy atom. The molecular formula is C51H58Cl2F2N6O7. The number of aromatic nitrogens is 4. The van der Waals surface area contributed by atoms with Crippen LogP contribution in [0.3, 0.4) is 0 Å². The Labute approximate surface area is 403 Å². The summed E-state index contributed by atoms with van der Waals surface area (Å²) in [5, 5.41) is 5.92. The molecule has 7 rings (SSSR count). The van der Waals surface area contributed by atoms with Gasteiger partial charge in [0.2, 0.25) is 0 Å². The number of alkyl carbamates (subject to hydrolysis) is 1. The molecule has 0 bridgehead atoms. The number of nitrogens with one attached hydrogen (secondary N) is 2. The quantitative estimate of drug-likeness (QED) is 0.0891. The van der Waals surface area contributed by atoms with Gasteiger partial charge in [0.15, 0.2) is 23.1 Å². The third kappa shape index (κ3) is 11.8.